The van der Waals surface area contributed by atoms with Crippen molar-refractivity contribution in [2.45, 2.75) is 6.42 Å². The molecule has 0 saturated carbocycles. The molecular weight excluding hydrogens is 340 g/mol. The van der Waals surface area contributed by atoms with Gasteiger partial charge in [-0.3, -0.25) is 0 Å². The Labute approximate surface area is 161 Å². The molecule has 0 radical (unpaired) electrons. The Morgan fingerprint density at radius 3 is 2.52 bits per heavy atom. The highest BCUT2D eigenvalue weighted by Gasteiger charge is 2.14. The van der Waals surface area contributed by atoms with E-state index < -0.39 is 0 Å². The van der Waals surface area contributed by atoms with Crippen LogP contribution >= 0.6 is 0 Å². The summed E-state index contributed by atoms with van der Waals surface area (Å²) in [6, 6.07) is 8.41. The van der Waals surface area contributed by atoms with Crippen LogP contribution in [0, 0.1) is 0 Å². The highest BCUT2D eigenvalue weighted by Crippen LogP contribution is 2.21. The van der Waals surface area contributed by atoms with E-state index in [9.17, 15) is 0 Å². The third-order valence-corrected chi connectivity index (χ3v) is 4.64. The Bertz CT molecular complexity index is 695. The summed E-state index contributed by atoms with van der Waals surface area (Å²) in [4.78, 5) is 11.4. The van der Waals surface area contributed by atoms with Crippen LogP contribution < -0.4 is 15.5 Å². The summed E-state index contributed by atoms with van der Waals surface area (Å²) in [6.45, 7) is 6.24. The standard InChI is InChI=1S/C19H30N8/c1-25(2)10-4-9-20-18-15-21-24-19(23-18)22-16-5-7-17(8-6-16)27-13-11-26(3)12-14-27/h5-8,15H,4,9-14H2,1-3H3,(H2,20,22,23,24). The van der Waals surface area contributed by atoms with Gasteiger partial charge in [0.1, 0.15) is 0 Å². The van der Waals surface area contributed by atoms with Crippen molar-refractivity contribution in [1.29, 1.82) is 0 Å². The Hall–Kier alpha value is -2.45. The Morgan fingerprint density at radius 2 is 1.81 bits per heavy atom. The van der Waals surface area contributed by atoms with E-state index in [1.165, 1.54) is 5.69 Å². The lowest BCUT2D eigenvalue weighted by Gasteiger charge is -2.34. The fourth-order valence-corrected chi connectivity index (χ4v) is 3.00. The minimum atomic E-state index is 0.500. The summed E-state index contributed by atoms with van der Waals surface area (Å²) < 4.78 is 0. The zero-order valence-electron chi connectivity index (χ0n) is 16.5. The first kappa shape index (κ1) is 19.3. The lowest BCUT2D eigenvalue weighted by atomic mass is 10.2. The molecular formula is C19H30N8. The van der Waals surface area contributed by atoms with Crippen molar-refractivity contribution in [3.63, 3.8) is 0 Å². The van der Waals surface area contributed by atoms with Gasteiger partial charge in [0.05, 0.1) is 6.20 Å². The van der Waals surface area contributed by atoms with Crippen molar-refractivity contribution in [1.82, 2.24) is 25.0 Å². The van der Waals surface area contributed by atoms with E-state index in [0.717, 1.165) is 57.2 Å². The van der Waals surface area contributed by atoms with Crippen LogP contribution in [0.3, 0.4) is 0 Å². The molecule has 1 saturated heterocycles. The second kappa shape index (κ2) is 9.48. The SMILES string of the molecule is CN(C)CCCNc1cnnc(Nc2ccc(N3CCN(C)CC3)cc2)n1. The van der Waals surface area contributed by atoms with Gasteiger partial charge >= 0.3 is 0 Å². The molecule has 8 nitrogen and oxygen atoms in total. The Balaban J connectivity index is 1.53. The number of benzene rings is 1. The van der Waals surface area contributed by atoms with E-state index in [-0.39, 0.29) is 0 Å². The van der Waals surface area contributed by atoms with E-state index in [1.807, 2.05) is 0 Å². The molecule has 8 heteroatoms. The van der Waals surface area contributed by atoms with Gasteiger partial charge < -0.3 is 25.3 Å². The van der Waals surface area contributed by atoms with Gasteiger partial charge in [-0.2, -0.15) is 10.1 Å². The topological polar surface area (TPSA) is 72.5 Å². The first-order valence-electron chi connectivity index (χ1n) is 9.49. The predicted octanol–water partition coefficient (Wildman–Crippen LogP) is 1.73. The summed E-state index contributed by atoms with van der Waals surface area (Å²) >= 11 is 0. The number of hydrogen-bond donors (Lipinski definition) is 2. The van der Waals surface area contributed by atoms with Crippen molar-refractivity contribution >= 4 is 23.1 Å². The minimum absolute atomic E-state index is 0.500. The smallest absolute Gasteiger partial charge is 0.249 e. The minimum Gasteiger partial charge on any atom is -0.369 e. The monoisotopic (exact) mass is 370 g/mol. The van der Waals surface area contributed by atoms with Crippen molar-refractivity contribution < 1.29 is 0 Å². The number of aromatic nitrogens is 3. The van der Waals surface area contributed by atoms with Crippen LogP contribution in [0.2, 0.25) is 0 Å². The molecule has 0 spiro atoms. The number of likely N-dealkylation sites (N-methyl/N-ethyl adjacent to an activating group) is 1. The van der Waals surface area contributed by atoms with Crippen LogP contribution in [0.25, 0.3) is 0 Å². The number of rotatable bonds is 8. The summed E-state index contributed by atoms with van der Waals surface area (Å²) in [5, 5.41) is 14.6. The summed E-state index contributed by atoms with van der Waals surface area (Å²) in [5.41, 5.74) is 2.21. The van der Waals surface area contributed by atoms with Gasteiger partial charge in [-0.1, -0.05) is 0 Å². The molecule has 1 aliphatic rings. The molecule has 1 aromatic carbocycles. The zero-order chi connectivity index (χ0) is 19.1. The van der Waals surface area contributed by atoms with Gasteiger partial charge in [0.25, 0.3) is 0 Å². The molecule has 1 aromatic heterocycles. The summed E-state index contributed by atoms with van der Waals surface area (Å²) in [7, 11) is 6.32. The lowest BCUT2D eigenvalue weighted by molar-refractivity contribution is 0.313. The number of nitrogens with zero attached hydrogens (tertiary/aromatic N) is 6. The van der Waals surface area contributed by atoms with Crippen LogP contribution in [0.5, 0.6) is 0 Å². The average molecular weight is 371 g/mol. The quantitative estimate of drug-likeness (QED) is 0.681. The molecule has 0 unspecified atom stereocenters. The number of hydrogen-bond acceptors (Lipinski definition) is 8. The summed E-state index contributed by atoms with van der Waals surface area (Å²) in [6.07, 6.45) is 2.70. The van der Waals surface area contributed by atoms with Crippen LogP contribution in [0.4, 0.5) is 23.1 Å². The van der Waals surface area contributed by atoms with Crippen molar-refractivity contribution in [3.05, 3.63) is 30.5 Å². The Morgan fingerprint density at radius 1 is 1.07 bits per heavy atom. The number of anilines is 4. The molecule has 2 heterocycles. The van der Waals surface area contributed by atoms with Crippen LogP contribution in [-0.4, -0.2) is 85.4 Å². The Kier molecular flexibility index (Phi) is 6.78. The van der Waals surface area contributed by atoms with Gasteiger partial charge in [-0.05, 0) is 58.4 Å². The van der Waals surface area contributed by atoms with Crippen LogP contribution in [-0.2, 0) is 0 Å². The third-order valence-electron chi connectivity index (χ3n) is 4.64. The lowest BCUT2D eigenvalue weighted by Crippen LogP contribution is -2.44. The van der Waals surface area contributed by atoms with Crippen LogP contribution in [0.15, 0.2) is 30.5 Å². The second-order valence-corrected chi connectivity index (χ2v) is 7.21. The molecule has 1 fully saturated rings. The highest BCUT2D eigenvalue weighted by molar-refractivity contribution is 5.59. The van der Waals surface area contributed by atoms with Crippen LogP contribution in [0.1, 0.15) is 6.42 Å². The highest BCUT2D eigenvalue weighted by atomic mass is 15.3. The molecule has 0 amide bonds. The first-order chi connectivity index (χ1) is 13.1. The normalized spacial score (nSPS) is 15.2. The van der Waals surface area contributed by atoms with Crippen molar-refractivity contribution in [3.8, 4) is 0 Å². The molecule has 1 aliphatic heterocycles. The molecule has 27 heavy (non-hydrogen) atoms. The second-order valence-electron chi connectivity index (χ2n) is 7.21. The van der Waals surface area contributed by atoms with Gasteiger partial charge in [0, 0.05) is 44.1 Å². The van der Waals surface area contributed by atoms with E-state index >= 15 is 0 Å². The van der Waals surface area contributed by atoms with Gasteiger partial charge in [0.15, 0.2) is 5.82 Å². The number of piperazine rings is 1. The number of nitrogens with one attached hydrogen (secondary N) is 2. The fourth-order valence-electron chi connectivity index (χ4n) is 3.00. The molecule has 2 N–H and O–H groups in total. The maximum absolute atomic E-state index is 4.48. The van der Waals surface area contributed by atoms with E-state index in [1.54, 1.807) is 6.20 Å². The molecule has 2 aromatic rings. The third kappa shape index (κ3) is 6.04. The average Bonchev–Trinajstić information content (AvgIpc) is 2.67. The van der Waals surface area contributed by atoms with Gasteiger partial charge in [-0.25, -0.2) is 0 Å². The van der Waals surface area contributed by atoms with Gasteiger partial charge in [0.2, 0.25) is 5.95 Å². The molecule has 0 atom stereocenters. The van der Waals surface area contributed by atoms with Crippen molar-refractivity contribution in [2.75, 3.05) is 75.9 Å². The maximum atomic E-state index is 4.48. The molecule has 0 aliphatic carbocycles. The largest absolute Gasteiger partial charge is 0.369 e. The molecule has 146 valence electrons. The molecule has 3 rings (SSSR count). The molecule has 0 bridgehead atoms. The fraction of sp³-hybridized carbons (Fsp3) is 0.526. The van der Waals surface area contributed by atoms with E-state index in [0.29, 0.717) is 5.95 Å². The maximum Gasteiger partial charge on any atom is 0.249 e. The zero-order valence-corrected chi connectivity index (χ0v) is 16.5. The predicted molar refractivity (Wildman–Crippen MR) is 111 cm³/mol. The summed E-state index contributed by atoms with van der Waals surface area (Å²) in [5.74, 6) is 1.24. The van der Waals surface area contributed by atoms with Gasteiger partial charge in [-0.15, -0.1) is 5.10 Å². The van der Waals surface area contributed by atoms with E-state index in [4.69, 9.17) is 0 Å². The van der Waals surface area contributed by atoms with Crippen molar-refractivity contribution in [2.24, 2.45) is 0 Å². The van der Waals surface area contributed by atoms with E-state index in [2.05, 4.69) is 85.9 Å². The first-order valence-corrected chi connectivity index (χ1v) is 9.49.